The Morgan fingerprint density at radius 1 is 1.05 bits per heavy atom. The summed E-state index contributed by atoms with van der Waals surface area (Å²) in [4.78, 5) is 65.6. The van der Waals surface area contributed by atoms with Crippen molar-refractivity contribution in [2.75, 3.05) is 0 Å². The molecular weight excluding hydrogens is 536 g/mol. The smallest absolute Gasteiger partial charge is 0.331 e. The van der Waals surface area contributed by atoms with Gasteiger partial charge in [0.1, 0.15) is 11.9 Å². The van der Waals surface area contributed by atoms with E-state index in [2.05, 4.69) is 6.92 Å². The van der Waals surface area contributed by atoms with Gasteiger partial charge in [-0.15, -0.1) is 0 Å². The van der Waals surface area contributed by atoms with Crippen LogP contribution >= 0.6 is 0 Å². The number of carboxylic acid groups (broad SMARTS) is 1. The number of carbonyl (C=O) groups is 5. The Hall–Kier alpha value is -2.77. The fraction of sp³-hybridized carbons (Fsp3) is 0.735. The van der Waals surface area contributed by atoms with Crippen molar-refractivity contribution < 1.29 is 38.6 Å². The Labute approximate surface area is 249 Å². The van der Waals surface area contributed by atoms with Crippen molar-refractivity contribution in [3.05, 3.63) is 22.8 Å². The van der Waals surface area contributed by atoms with Crippen molar-refractivity contribution in [3.8, 4) is 0 Å². The molecule has 9 unspecified atom stereocenters. The second-order valence-electron chi connectivity index (χ2n) is 14.1. The highest BCUT2D eigenvalue weighted by Crippen LogP contribution is 2.73. The minimum atomic E-state index is -1.06. The number of allylic oxidation sites excluding steroid dienone is 2. The van der Waals surface area contributed by atoms with Crippen LogP contribution < -0.4 is 0 Å². The Bertz CT molecular complexity index is 1240. The molecule has 9 atom stereocenters. The van der Waals surface area contributed by atoms with Crippen molar-refractivity contribution in [1.82, 2.24) is 0 Å². The summed E-state index contributed by atoms with van der Waals surface area (Å²) in [6.07, 6.45) is 3.85. The van der Waals surface area contributed by atoms with Gasteiger partial charge >= 0.3 is 17.9 Å². The van der Waals surface area contributed by atoms with Crippen molar-refractivity contribution >= 4 is 29.5 Å². The normalized spacial score (nSPS) is 40.3. The Morgan fingerprint density at radius 3 is 2.29 bits per heavy atom. The molecule has 4 rings (SSSR count). The lowest BCUT2D eigenvalue weighted by Gasteiger charge is -2.67. The number of fused-ring (bicyclic) bond motifs is 5. The molecule has 1 N–H and O–H groups in total. The van der Waals surface area contributed by atoms with Crippen LogP contribution in [0.25, 0.3) is 0 Å². The van der Waals surface area contributed by atoms with Crippen LogP contribution in [0.5, 0.6) is 0 Å². The SMILES string of the molecule is CCC(=O)OC1CC2(C)C(CCC3C4(C)CCC(=O)C(C)C4C(OC(C)=O)C(=O)C32C)C1=C(CCC=C(C)C)C(=O)O. The van der Waals surface area contributed by atoms with Crippen LogP contribution in [0, 0.1) is 39.9 Å². The number of Topliss-reactive ketones (excluding diaryl/α,β-unsaturated/α-hetero) is 2. The van der Waals surface area contributed by atoms with Crippen molar-refractivity contribution in [1.29, 1.82) is 0 Å². The maximum absolute atomic E-state index is 14.8. The first kappa shape index (κ1) is 32.2. The second kappa shape index (κ2) is 11.4. The molecular formula is C34H48O8. The van der Waals surface area contributed by atoms with Gasteiger partial charge in [-0.05, 0) is 80.6 Å². The quantitative estimate of drug-likeness (QED) is 0.219. The number of ether oxygens (including phenoxy) is 2. The summed E-state index contributed by atoms with van der Waals surface area (Å²) >= 11 is 0. The number of hydrogen-bond acceptors (Lipinski definition) is 7. The summed E-state index contributed by atoms with van der Waals surface area (Å²) in [5.74, 6) is -3.34. The summed E-state index contributed by atoms with van der Waals surface area (Å²) < 4.78 is 11.8. The molecule has 8 nitrogen and oxygen atoms in total. The fourth-order valence-electron chi connectivity index (χ4n) is 9.68. The molecule has 0 bridgehead atoms. The van der Waals surface area contributed by atoms with E-state index in [4.69, 9.17) is 9.47 Å². The number of aliphatic carboxylic acids is 1. The van der Waals surface area contributed by atoms with E-state index in [1.54, 1.807) is 6.92 Å². The Morgan fingerprint density at radius 2 is 1.71 bits per heavy atom. The summed E-state index contributed by atoms with van der Waals surface area (Å²) in [5, 5.41) is 10.4. The maximum Gasteiger partial charge on any atom is 0.331 e. The van der Waals surface area contributed by atoms with Crippen LogP contribution in [0.3, 0.4) is 0 Å². The van der Waals surface area contributed by atoms with Gasteiger partial charge in [0.05, 0.1) is 0 Å². The minimum absolute atomic E-state index is 0.0889. The molecule has 0 heterocycles. The molecule has 0 saturated heterocycles. The number of carbonyl (C=O) groups excluding carboxylic acids is 4. The molecule has 4 saturated carbocycles. The molecule has 4 aliphatic carbocycles. The molecule has 0 aromatic heterocycles. The predicted molar refractivity (Wildman–Crippen MR) is 156 cm³/mol. The average molecular weight is 585 g/mol. The third-order valence-corrected chi connectivity index (χ3v) is 11.7. The van der Waals surface area contributed by atoms with Gasteiger partial charge in [-0.3, -0.25) is 19.2 Å². The van der Waals surface area contributed by atoms with Crippen LogP contribution in [0.2, 0.25) is 0 Å². The van der Waals surface area contributed by atoms with Gasteiger partial charge in [0.2, 0.25) is 0 Å². The topological polar surface area (TPSA) is 124 Å². The zero-order valence-corrected chi connectivity index (χ0v) is 26.5. The van der Waals surface area contributed by atoms with Gasteiger partial charge in [0.25, 0.3) is 0 Å². The largest absolute Gasteiger partial charge is 0.478 e. The predicted octanol–water partition coefficient (Wildman–Crippen LogP) is 6.01. The molecule has 4 fully saturated rings. The van der Waals surface area contributed by atoms with E-state index in [-0.39, 0.29) is 35.4 Å². The van der Waals surface area contributed by atoms with E-state index >= 15 is 0 Å². The van der Waals surface area contributed by atoms with E-state index in [1.807, 2.05) is 40.7 Å². The van der Waals surface area contributed by atoms with Crippen LogP contribution in [0.15, 0.2) is 22.8 Å². The summed E-state index contributed by atoms with van der Waals surface area (Å²) in [7, 11) is 0. The van der Waals surface area contributed by atoms with Crippen molar-refractivity contribution in [3.63, 3.8) is 0 Å². The first-order chi connectivity index (χ1) is 19.5. The minimum Gasteiger partial charge on any atom is -0.478 e. The Balaban J connectivity index is 1.91. The first-order valence-electron chi connectivity index (χ1n) is 15.6. The molecule has 42 heavy (non-hydrogen) atoms. The van der Waals surface area contributed by atoms with Gasteiger partial charge in [-0.1, -0.05) is 46.3 Å². The molecule has 0 aromatic carbocycles. The average Bonchev–Trinajstić information content (AvgIpc) is 3.19. The molecule has 8 heteroatoms. The summed E-state index contributed by atoms with van der Waals surface area (Å²) in [6, 6.07) is 0. The highest BCUT2D eigenvalue weighted by molar-refractivity contribution is 5.95. The van der Waals surface area contributed by atoms with Crippen LogP contribution in [-0.4, -0.2) is 46.8 Å². The van der Waals surface area contributed by atoms with E-state index in [1.165, 1.54) is 6.92 Å². The molecule has 0 aliphatic heterocycles. The van der Waals surface area contributed by atoms with Gasteiger partial charge in [0.15, 0.2) is 11.9 Å². The van der Waals surface area contributed by atoms with E-state index in [0.717, 1.165) is 5.57 Å². The van der Waals surface area contributed by atoms with Crippen LogP contribution in [0.4, 0.5) is 0 Å². The highest BCUT2D eigenvalue weighted by atomic mass is 16.5. The number of ketones is 2. The highest BCUT2D eigenvalue weighted by Gasteiger charge is 2.74. The fourth-order valence-corrected chi connectivity index (χ4v) is 9.68. The van der Waals surface area contributed by atoms with Crippen LogP contribution in [0.1, 0.15) is 107 Å². The first-order valence-corrected chi connectivity index (χ1v) is 15.6. The lowest BCUT2D eigenvalue weighted by molar-refractivity contribution is -0.219. The standard InChI is InChI=1S/C34H48O8/c1-9-26(37)42-24-17-33(7)22(27(24)21(31(39)40)12-10-11-18(2)3)13-14-25-32(6)16-15-23(36)19(4)28(32)29(41-20(5)35)30(38)34(25,33)8/h11,19,22,24-25,28-29H,9-10,12-17H2,1-8H3,(H,39,40). The third kappa shape index (κ3) is 4.86. The molecule has 232 valence electrons. The summed E-state index contributed by atoms with van der Waals surface area (Å²) in [5.41, 5.74) is -0.206. The van der Waals surface area contributed by atoms with E-state index < -0.39 is 58.2 Å². The van der Waals surface area contributed by atoms with Gasteiger partial charge in [0, 0.05) is 42.6 Å². The molecule has 0 radical (unpaired) electrons. The third-order valence-electron chi connectivity index (χ3n) is 11.7. The van der Waals surface area contributed by atoms with Crippen LogP contribution in [-0.2, 0) is 33.4 Å². The number of carboxylic acids is 1. The summed E-state index contributed by atoms with van der Waals surface area (Å²) in [6.45, 7) is 15.0. The van der Waals surface area contributed by atoms with E-state index in [0.29, 0.717) is 50.5 Å². The molecule has 0 spiro atoms. The zero-order valence-electron chi connectivity index (χ0n) is 26.5. The van der Waals surface area contributed by atoms with Gasteiger partial charge in [-0.25, -0.2) is 4.79 Å². The molecule has 0 amide bonds. The lowest BCUT2D eigenvalue weighted by atomic mass is 9.36. The monoisotopic (exact) mass is 584 g/mol. The van der Waals surface area contributed by atoms with Gasteiger partial charge in [-0.2, -0.15) is 0 Å². The molecule has 0 aromatic rings. The number of esters is 2. The van der Waals surface area contributed by atoms with E-state index in [9.17, 15) is 29.1 Å². The maximum atomic E-state index is 14.8. The lowest BCUT2D eigenvalue weighted by Crippen LogP contribution is -2.70. The van der Waals surface area contributed by atoms with Gasteiger partial charge < -0.3 is 14.6 Å². The zero-order chi connectivity index (χ0) is 31.4. The molecule has 4 aliphatic rings. The number of rotatable bonds is 7. The Kier molecular flexibility index (Phi) is 8.71. The van der Waals surface area contributed by atoms with Crippen molar-refractivity contribution in [2.24, 2.45) is 39.9 Å². The van der Waals surface area contributed by atoms with Crippen molar-refractivity contribution in [2.45, 2.75) is 119 Å². The second-order valence-corrected chi connectivity index (χ2v) is 14.1. The number of hydrogen-bond donors (Lipinski definition) is 1.